The molecule has 0 aliphatic rings. The number of rotatable bonds is 5. The molecule has 0 atom stereocenters. The van der Waals surface area contributed by atoms with E-state index in [9.17, 15) is 9.59 Å². The van der Waals surface area contributed by atoms with E-state index in [4.69, 9.17) is 4.74 Å². The third kappa shape index (κ3) is 3.23. The summed E-state index contributed by atoms with van der Waals surface area (Å²) >= 11 is 0. The van der Waals surface area contributed by atoms with E-state index in [2.05, 4.69) is 9.84 Å². The highest BCUT2D eigenvalue weighted by atomic mass is 16.5. The normalized spacial score (nSPS) is 11.7. The van der Waals surface area contributed by atoms with Crippen molar-refractivity contribution in [2.75, 3.05) is 14.2 Å². The summed E-state index contributed by atoms with van der Waals surface area (Å²) in [5.74, 6) is -0.972. The molecule has 0 unspecified atom stereocenters. The maximum Gasteiger partial charge on any atom is 0.341 e. The minimum absolute atomic E-state index is 0.0190. The van der Waals surface area contributed by atoms with Crippen molar-refractivity contribution in [1.29, 1.82) is 0 Å². The van der Waals surface area contributed by atoms with E-state index in [1.165, 1.54) is 20.1 Å². The number of nitrogens with zero attached hydrogens (tertiary/aromatic N) is 2. The van der Waals surface area contributed by atoms with Gasteiger partial charge in [-0.25, -0.2) is 9.48 Å². The van der Waals surface area contributed by atoms with E-state index in [1.54, 1.807) is 11.8 Å². The van der Waals surface area contributed by atoms with Crippen molar-refractivity contribution in [1.82, 2.24) is 9.78 Å². The molecule has 1 aromatic carbocycles. The number of carbonyl (C=O) groups excluding carboxylic acids is 2. The first-order valence-corrected chi connectivity index (χ1v) is 6.74. The molecule has 0 radical (unpaired) electrons. The number of benzene rings is 1. The molecular formula is C16H18N2O4. The van der Waals surface area contributed by atoms with Crippen LogP contribution < -0.4 is 0 Å². The third-order valence-corrected chi connectivity index (χ3v) is 3.23. The van der Waals surface area contributed by atoms with Crippen molar-refractivity contribution in [3.63, 3.8) is 0 Å². The van der Waals surface area contributed by atoms with Gasteiger partial charge in [-0.1, -0.05) is 0 Å². The number of esters is 1. The summed E-state index contributed by atoms with van der Waals surface area (Å²) in [6.45, 7) is 3.63. The largest absolute Gasteiger partial charge is 0.465 e. The zero-order valence-corrected chi connectivity index (χ0v) is 13.0. The Hall–Kier alpha value is -2.47. The van der Waals surface area contributed by atoms with E-state index in [0.717, 1.165) is 22.0 Å². The van der Waals surface area contributed by atoms with Crippen LogP contribution in [0.5, 0.6) is 0 Å². The molecule has 0 N–H and O–H groups in total. The Morgan fingerprint density at radius 3 is 2.64 bits per heavy atom. The van der Waals surface area contributed by atoms with Crippen molar-refractivity contribution < 1.29 is 19.1 Å². The number of aryl methyl sites for hydroxylation is 1. The maximum atomic E-state index is 11.7. The van der Waals surface area contributed by atoms with Gasteiger partial charge in [0.15, 0.2) is 5.78 Å². The minimum Gasteiger partial charge on any atom is -0.465 e. The number of ketones is 1. The molecule has 0 bridgehead atoms. The van der Waals surface area contributed by atoms with Gasteiger partial charge in [-0.05, 0) is 43.2 Å². The molecule has 0 aliphatic heterocycles. The van der Waals surface area contributed by atoms with Crippen LogP contribution >= 0.6 is 0 Å². The van der Waals surface area contributed by atoms with Crippen molar-refractivity contribution >= 4 is 28.7 Å². The molecule has 0 saturated carbocycles. The number of Topliss-reactive ketones (excluding diaryl/α,β-unsaturated/α-hetero) is 1. The Morgan fingerprint density at radius 1 is 1.32 bits per heavy atom. The average molecular weight is 302 g/mol. The molecule has 6 nitrogen and oxygen atoms in total. The maximum absolute atomic E-state index is 11.7. The molecule has 22 heavy (non-hydrogen) atoms. The zero-order valence-electron chi connectivity index (χ0n) is 13.0. The molecule has 0 amide bonds. The Labute approximate surface area is 128 Å². The highest BCUT2D eigenvalue weighted by Crippen LogP contribution is 2.21. The Balaban J connectivity index is 2.51. The van der Waals surface area contributed by atoms with E-state index in [-0.39, 0.29) is 11.4 Å². The van der Waals surface area contributed by atoms with Gasteiger partial charge in [0.2, 0.25) is 0 Å². The second-order valence-electron chi connectivity index (χ2n) is 4.97. The van der Waals surface area contributed by atoms with Gasteiger partial charge >= 0.3 is 5.97 Å². The predicted octanol–water partition coefficient (Wildman–Crippen LogP) is 2.09. The Bertz CT molecular complexity index is 759. The summed E-state index contributed by atoms with van der Waals surface area (Å²) in [7, 11) is 2.85. The van der Waals surface area contributed by atoms with Crippen LogP contribution in [0, 0.1) is 6.92 Å². The average Bonchev–Trinajstić information content (AvgIpc) is 2.87. The Kier molecular flexibility index (Phi) is 4.72. The van der Waals surface area contributed by atoms with Gasteiger partial charge in [0.05, 0.1) is 12.6 Å². The lowest BCUT2D eigenvalue weighted by Crippen LogP contribution is -2.11. The molecule has 0 fully saturated rings. The Morgan fingerprint density at radius 2 is 2.05 bits per heavy atom. The lowest BCUT2D eigenvalue weighted by Gasteiger charge is -2.03. The number of hydrogen-bond acceptors (Lipinski definition) is 5. The third-order valence-electron chi connectivity index (χ3n) is 3.23. The molecule has 1 aromatic heterocycles. The molecule has 116 valence electrons. The van der Waals surface area contributed by atoms with Crippen LogP contribution in [0.25, 0.3) is 17.0 Å². The molecule has 2 aromatic rings. The van der Waals surface area contributed by atoms with Crippen molar-refractivity contribution in [2.45, 2.75) is 20.6 Å². The summed E-state index contributed by atoms with van der Waals surface area (Å²) in [4.78, 5) is 23.2. The smallest absolute Gasteiger partial charge is 0.341 e. The number of aromatic nitrogens is 2. The molecule has 2 rings (SSSR count). The molecule has 6 heteroatoms. The van der Waals surface area contributed by atoms with Crippen LogP contribution in [-0.2, 0) is 25.8 Å². The van der Waals surface area contributed by atoms with Crippen LogP contribution in [-0.4, -0.2) is 35.8 Å². The fourth-order valence-electron chi connectivity index (χ4n) is 2.25. The number of ether oxygens (including phenoxy) is 2. The molecular weight excluding hydrogens is 284 g/mol. The zero-order chi connectivity index (χ0) is 16.3. The summed E-state index contributed by atoms with van der Waals surface area (Å²) in [6, 6.07) is 3.74. The van der Waals surface area contributed by atoms with Crippen LogP contribution in [0.15, 0.2) is 23.9 Å². The van der Waals surface area contributed by atoms with Crippen LogP contribution in [0.1, 0.15) is 18.1 Å². The van der Waals surface area contributed by atoms with Crippen LogP contribution in [0.4, 0.5) is 0 Å². The quantitative estimate of drug-likeness (QED) is 0.366. The van der Waals surface area contributed by atoms with Gasteiger partial charge < -0.3 is 9.47 Å². The SMILES string of the molecule is COCn1cc2cc(C=C(C(C)=O)C(=O)OC)cc(C)c2n1. The van der Waals surface area contributed by atoms with E-state index in [0.29, 0.717) is 6.73 Å². The minimum atomic E-state index is -0.639. The second kappa shape index (κ2) is 6.53. The van der Waals surface area contributed by atoms with Gasteiger partial charge in [-0.15, -0.1) is 0 Å². The van der Waals surface area contributed by atoms with Gasteiger partial charge in [0.25, 0.3) is 0 Å². The van der Waals surface area contributed by atoms with E-state index in [1.807, 2.05) is 25.3 Å². The summed E-state index contributed by atoms with van der Waals surface area (Å²) in [5, 5.41) is 5.33. The van der Waals surface area contributed by atoms with Crippen LogP contribution in [0.2, 0.25) is 0 Å². The van der Waals surface area contributed by atoms with Crippen molar-refractivity contribution in [3.05, 3.63) is 35.0 Å². The second-order valence-corrected chi connectivity index (χ2v) is 4.97. The molecule has 0 spiro atoms. The summed E-state index contributed by atoms with van der Waals surface area (Å²) < 4.78 is 11.4. The van der Waals surface area contributed by atoms with Gasteiger partial charge in [0, 0.05) is 18.7 Å². The fraction of sp³-hybridized carbons (Fsp3) is 0.312. The number of hydrogen-bond donors (Lipinski definition) is 0. The number of methoxy groups -OCH3 is 2. The predicted molar refractivity (Wildman–Crippen MR) is 82.2 cm³/mol. The highest BCUT2D eigenvalue weighted by molar-refractivity contribution is 6.19. The van der Waals surface area contributed by atoms with Crippen molar-refractivity contribution in [3.8, 4) is 0 Å². The van der Waals surface area contributed by atoms with E-state index >= 15 is 0 Å². The molecule has 0 aliphatic carbocycles. The highest BCUT2D eigenvalue weighted by Gasteiger charge is 2.15. The standard InChI is InChI=1S/C16H18N2O4/c1-10-5-12(7-14(11(2)19)16(20)22-4)6-13-8-18(9-21-3)17-15(10)13/h5-8H,9H2,1-4H3. The lowest BCUT2D eigenvalue weighted by molar-refractivity contribution is -0.137. The first kappa shape index (κ1) is 15.9. The first-order valence-electron chi connectivity index (χ1n) is 6.74. The first-order chi connectivity index (χ1) is 10.5. The van der Waals surface area contributed by atoms with E-state index < -0.39 is 5.97 Å². The number of carbonyl (C=O) groups is 2. The fourth-order valence-corrected chi connectivity index (χ4v) is 2.25. The summed E-state index contributed by atoms with van der Waals surface area (Å²) in [6.07, 6.45) is 3.39. The van der Waals surface area contributed by atoms with Gasteiger partial charge in [-0.3, -0.25) is 4.79 Å². The molecule has 1 heterocycles. The van der Waals surface area contributed by atoms with Crippen LogP contribution in [0.3, 0.4) is 0 Å². The van der Waals surface area contributed by atoms with Crippen molar-refractivity contribution in [2.24, 2.45) is 0 Å². The van der Waals surface area contributed by atoms with Gasteiger partial charge in [-0.2, -0.15) is 5.10 Å². The monoisotopic (exact) mass is 302 g/mol. The number of fused-ring (bicyclic) bond motifs is 1. The summed E-state index contributed by atoms with van der Waals surface area (Å²) in [5.41, 5.74) is 2.58. The topological polar surface area (TPSA) is 70.4 Å². The van der Waals surface area contributed by atoms with Gasteiger partial charge in [0.1, 0.15) is 12.3 Å². The lowest BCUT2D eigenvalue weighted by atomic mass is 10.0. The molecule has 0 saturated heterocycles.